The largest absolute Gasteiger partial charge is 0.322 e. The highest BCUT2D eigenvalue weighted by Gasteiger charge is 2.11. The maximum absolute atomic E-state index is 6.04. The quantitative estimate of drug-likeness (QED) is 0.869. The summed E-state index contributed by atoms with van der Waals surface area (Å²) in [6.07, 6.45) is 0. The third-order valence-corrected chi connectivity index (χ3v) is 2.65. The highest BCUT2D eigenvalue weighted by atomic mass is 35.5. The summed E-state index contributed by atoms with van der Waals surface area (Å²) in [6.45, 7) is 1.83. The van der Waals surface area contributed by atoms with Crippen LogP contribution in [0.5, 0.6) is 0 Å². The van der Waals surface area contributed by atoms with E-state index < -0.39 is 0 Å². The fraction of sp³-hybridized carbons (Fsp3) is 0.200. The number of hydrogen-bond acceptors (Lipinski definition) is 3. The van der Waals surface area contributed by atoms with E-state index >= 15 is 0 Å². The zero-order valence-corrected chi connectivity index (χ0v) is 10.0. The first kappa shape index (κ1) is 11.4. The van der Waals surface area contributed by atoms with E-state index in [1.807, 2.05) is 6.92 Å². The Hall–Kier alpha value is -1.10. The maximum Gasteiger partial charge on any atom is 0.182 e. The molecule has 1 atom stereocenters. The fourth-order valence-electron chi connectivity index (χ4n) is 1.27. The molecule has 0 aliphatic carbocycles. The Morgan fingerprint density at radius 3 is 2.69 bits per heavy atom. The minimum absolute atomic E-state index is 0.188. The van der Waals surface area contributed by atoms with Gasteiger partial charge in [-0.05, 0) is 25.1 Å². The van der Waals surface area contributed by atoms with Gasteiger partial charge in [-0.1, -0.05) is 23.2 Å². The maximum atomic E-state index is 6.04. The summed E-state index contributed by atoms with van der Waals surface area (Å²) in [6, 6.07) is 4.98. The van der Waals surface area contributed by atoms with E-state index in [0.717, 1.165) is 5.56 Å². The monoisotopic (exact) mass is 256 g/mol. The topological polar surface area (TPSA) is 67.6 Å². The van der Waals surface area contributed by atoms with Crippen molar-refractivity contribution < 1.29 is 0 Å². The molecule has 3 N–H and O–H groups in total. The van der Waals surface area contributed by atoms with E-state index in [1.54, 1.807) is 18.2 Å². The standard InChI is InChI=1S/C10H10Cl2N4/c1-5(13)9-14-10(16-15-9)7-3-2-6(11)4-8(7)12/h2-5H,13H2,1H3,(H,14,15,16). The highest BCUT2D eigenvalue weighted by molar-refractivity contribution is 6.36. The number of nitrogens with one attached hydrogen (secondary N) is 1. The van der Waals surface area contributed by atoms with Crippen LogP contribution >= 0.6 is 23.2 Å². The lowest BCUT2D eigenvalue weighted by atomic mass is 10.2. The summed E-state index contributed by atoms with van der Waals surface area (Å²) < 4.78 is 0. The van der Waals surface area contributed by atoms with E-state index in [2.05, 4.69) is 15.2 Å². The Bertz CT molecular complexity index is 507. The number of aromatic nitrogens is 3. The summed E-state index contributed by atoms with van der Waals surface area (Å²) in [5, 5.41) is 7.92. The van der Waals surface area contributed by atoms with Crippen LogP contribution in [0.2, 0.25) is 10.0 Å². The molecule has 0 aliphatic rings. The van der Waals surface area contributed by atoms with Crippen LogP contribution in [0.3, 0.4) is 0 Å². The Morgan fingerprint density at radius 2 is 2.12 bits per heavy atom. The van der Waals surface area contributed by atoms with Gasteiger partial charge in [-0.3, -0.25) is 5.10 Å². The number of H-pyrrole nitrogens is 1. The number of rotatable bonds is 2. The predicted molar refractivity (Wildman–Crippen MR) is 64.4 cm³/mol. The average molecular weight is 257 g/mol. The summed E-state index contributed by atoms with van der Waals surface area (Å²) in [5.74, 6) is 1.15. The first-order valence-electron chi connectivity index (χ1n) is 4.71. The molecule has 1 aromatic carbocycles. The van der Waals surface area contributed by atoms with Crippen molar-refractivity contribution in [3.8, 4) is 11.4 Å². The third kappa shape index (κ3) is 2.19. The molecule has 0 aliphatic heterocycles. The van der Waals surface area contributed by atoms with Crippen LogP contribution in [0.1, 0.15) is 18.8 Å². The lowest BCUT2D eigenvalue weighted by Gasteiger charge is -1.99. The van der Waals surface area contributed by atoms with Gasteiger partial charge in [-0.2, -0.15) is 5.10 Å². The van der Waals surface area contributed by atoms with E-state index in [0.29, 0.717) is 21.7 Å². The van der Waals surface area contributed by atoms with Crippen LogP contribution in [0.15, 0.2) is 18.2 Å². The molecule has 6 heteroatoms. The number of aromatic amines is 1. The van der Waals surface area contributed by atoms with Gasteiger partial charge < -0.3 is 5.73 Å². The fourth-order valence-corrected chi connectivity index (χ4v) is 1.76. The smallest absolute Gasteiger partial charge is 0.182 e. The van der Waals surface area contributed by atoms with Gasteiger partial charge in [0.2, 0.25) is 0 Å². The SMILES string of the molecule is CC(N)c1nc(-c2ccc(Cl)cc2Cl)n[nH]1. The lowest BCUT2D eigenvalue weighted by molar-refractivity contribution is 0.745. The number of nitrogens with two attached hydrogens (primary N) is 1. The molecule has 1 heterocycles. The third-order valence-electron chi connectivity index (χ3n) is 2.11. The molecule has 0 amide bonds. The van der Waals surface area contributed by atoms with Crippen molar-refractivity contribution in [3.05, 3.63) is 34.1 Å². The van der Waals surface area contributed by atoms with Gasteiger partial charge in [0, 0.05) is 10.6 Å². The molecule has 0 spiro atoms. The van der Waals surface area contributed by atoms with E-state index in [9.17, 15) is 0 Å². The number of hydrogen-bond donors (Lipinski definition) is 2. The zero-order chi connectivity index (χ0) is 11.7. The van der Waals surface area contributed by atoms with Crippen LogP contribution in [0.4, 0.5) is 0 Å². The molecule has 1 unspecified atom stereocenters. The molecule has 16 heavy (non-hydrogen) atoms. The van der Waals surface area contributed by atoms with Gasteiger partial charge in [-0.15, -0.1) is 0 Å². The lowest BCUT2D eigenvalue weighted by Crippen LogP contribution is -2.06. The van der Waals surface area contributed by atoms with Crippen LogP contribution < -0.4 is 5.73 Å². The molecule has 0 radical (unpaired) electrons. The second-order valence-corrected chi connectivity index (χ2v) is 4.30. The predicted octanol–water partition coefficient (Wildman–Crippen LogP) is 2.80. The Labute approximate surface area is 103 Å². The number of benzene rings is 1. The van der Waals surface area contributed by atoms with Gasteiger partial charge in [0.05, 0.1) is 11.1 Å². The van der Waals surface area contributed by atoms with Gasteiger partial charge in [-0.25, -0.2) is 4.98 Å². The van der Waals surface area contributed by atoms with E-state index in [1.165, 1.54) is 0 Å². The molecule has 4 nitrogen and oxygen atoms in total. The van der Waals surface area contributed by atoms with Crippen molar-refractivity contribution in [2.45, 2.75) is 13.0 Å². The van der Waals surface area contributed by atoms with Crippen molar-refractivity contribution in [2.75, 3.05) is 0 Å². The van der Waals surface area contributed by atoms with Gasteiger partial charge in [0.25, 0.3) is 0 Å². The summed E-state index contributed by atoms with van der Waals surface area (Å²) in [7, 11) is 0. The second-order valence-electron chi connectivity index (χ2n) is 3.46. The minimum atomic E-state index is -0.188. The Morgan fingerprint density at radius 1 is 1.38 bits per heavy atom. The second kappa shape index (κ2) is 4.41. The molecule has 84 valence electrons. The molecule has 2 aromatic rings. The molecule has 0 saturated heterocycles. The van der Waals surface area contributed by atoms with Gasteiger partial charge in [0.15, 0.2) is 5.82 Å². The molecular weight excluding hydrogens is 247 g/mol. The molecule has 1 aromatic heterocycles. The molecular formula is C10H10Cl2N4. The van der Waals surface area contributed by atoms with Gasteiger partial charge >= 0.3 is 0 Å². The first-order chi connectivity index (χ1) is 7.58. The summed E-state index contributed by atoms with van der Waals surface area (Å²) >= 11 is 11.9. The van der Waals surface area contributed by atoms with Crippen LogP contribution in [0.25, 0.3) is 11.4 Å². The first-order valence-corrected chi connectivity index (χ1v) is 5.47. The van der Waals surface area contributed by atoms with Crippen molar-refractivity contribution >= 4 is 23.2 Å². The summed E-state index contributed by atoms with van der Waals surface area (Å²) in [5.41, 5.74) is 6.41. The van der Waals surface area contributed by atoms with Crippen molar-refractivity contribution in [2.24, 2.45) is 5.73 Å². The Kier molecular flexibility index (Phi) is 3.14. The van der Waals surface area contributed by atoms with E-state index in [-0.39, 0.29) is 6.04 Å². The number of nitrogens with zero attached hydrogens (tertiary/aromatic N) is 2. The van der Waals surface area contributed by atoms with Crippen LogP contribution in [0, 0.1) is 0 Å². The molecule has 0 bridgehead atoms. The van der Waals surface area contributed by atoms with Crippen molar-refractivity contribution in [1.82, 2.24) is 15.2 Å². The highest BCUT2D eigenvalue weighted by Crippen LogP contribution is 2.28. The van der Waals surface area contributed by atoms with Crippen molar-refractivity contribution in [3.63, 3.8) is 0 Å². The van der Waals surface area contributed by atoms with Crippen molar-refractivity contribution in [1.29, 1.82) is 0 Å². The van der Waals surface area contributed by atoms with Gasteiger partial charge in [0.1, 0.15) is 5.82 Å². The molecule has 0 saturated carbocycles. The minimum Gasteiger partial charge on any atom is -0.322 e. The normalized spacial score (nSPS) is 12.8. The molecule has 2 rings (SSSR count). The average Bonchev–Trinajstić information content (AvgIpc) is 2.66. The number of halogens is 2. The van der Waals surface area contributed by atoms with Crippen LogP contribution in [-0.4, -0.2) is 15.2 Å². The zero-order valence-electron chi connectivity index (χ0n) is 8.54. The van der Waals surface area contributed by atoms with Crippen LogP contribution in [-0.2, 0) is 0 Å². The molecule has 0 fully saturated rings. The van der Waals surface area contributed by atoms with E-state index in [4.69, 9.17) is 28.9 Å². The Balaban J connectivity index is 2.42. The summed E-state index contributed by atoms with van der Waals surface area (Å²) in [4.78, 5) is 4.25.